The molecule has 96 valence electrons. The average molecular weight is 257 g/mol. The molecule has 0 saturated heterocycles. The van der Waals surface area contributed by atoms with Gasteiger partial charge in [-0.15, -0.1) is 11.3 Å². The average Bonchev–Trinajstić information content (AvgIpc) is 2.75. The van der Waals surface area contributed by atoms with E-state index in [-0.39, 0.29) is 18.4 Å². The van der Waals surface area contributed by atoms with E-state index in [0.717, 1.165) is 11.7 Å². The van der Waals surface area contributed by atoms with Gasteiger partial charge in [-0.1, -0.05) is 6.92 Å². The summed E-state index contributed by atoms with van der Waals surface area (Å²) in [5.41, 5.74) is 0.446. The Morgan fingerprint density at radius 2 is 2.41 bits per heavy atom. The van der Waals surface area contributed by atoms with E-state index in [0.29, 0.717) is 18.7 Å². The van der Waals surface area contributed by atoms with Crippen LogP contribution in [0, 0.1) is 5.92 Å². The fraction of sp³-hybridized carbons (Fsp3) is 0.636. The third-order valence-corrected chi connectivity index (χ3v) is 3.10. The van der Waals surface area contributed by atoms with Crippen molar-refractivity contribution in [1.29, 1.82) is 0 Å². The lowest BCUT2D eigenvalue weighted by Gasteiger charge is -2.09. The first kappa shape index (κ1) is 13.9. The van der Waals surface area contributed by atoms with Gasteiger partial charge in [0.2, 0.25) is 0 Å². The van der Waals surface area contributed by atoms with Crippen LogP contribution in [0.1, 0.15) is 30.8 Å². The number of nitrogens with one attached hydrogen (secondary N) is 2. The van der Waals surface area contributed by atoms with E-state index in [9.17, 15) is 4.79 Å². The molecule has 0 fully saturated rings. The van der Waals surface area contributed by atoms with Crippen LogP contribution in [0.3, 0.4) is 0 Å². The molecule has 6 heteroatoms. The summed E-state index contributed by atoms with van der Waals surface area (Å²) in [7, 11) is 0. The molecule has 17 heavy (non-hydrogen) atoms. The van der Waals surface area contributed by atoms with Crippen molar-refractivity contribution in [2.24, 2.45) is 5.92 Å². The van der Waals surface area contributed by atoms with E-state index in [2.05, 4.69) is 15.6 Å². The zero-order valence-corrected chi connectivity index (χ0v) is 11.0. The Kier molecular flexibility index (Phi) is 5.93. The van der Waals surface area contributed by atoms with Gasteiger partial charge < -0.3 is 15.7 Å². The third kappa shape index (κ3) is 4.70. The summed E-state index contributed by atoms with van der Waals surface area (Å²) in [5.74, 6) is 0.117. The van der Waals surface area contributed by atoms with E-state index >= 15 is 0 Å². The summed E-state index contributed by atoms with van der Waals surface area (Å²) >= 11 is 1.42. The molecule has 0 spiro atoms. The van der Waals surface area contributed by atoms with E-state index in [4.69, 9.17) is 5.11 Å². The number of amides is 1. The number of nitrogens with zero attached hydrogens (tertiary/aromatic N) is 1. The summed E-state index contributed by atoms with van der Waals surface area (Å²) in [6.07, 6.45) is 0.694. The van der Waals surface area contributed by atoms with Gasteiger partial charge in [0.15, 0.2) is 5.13 Å². The Morgan fingerprint density at radius 3 is 3.06 bits per heavy atom. The van der Waals surface area contributed by atoms with Crippen LogP contribution < -0.4 is 10.6 Å². The highest BCUT2D eigenvalue weighted by molar-refractivity contribution is 7.13. The second kappa shape index (κ2) is 7.24. The summed E-state index contributed by atoms with van der Waals surface area (Å²) < 4.78 is 0. The number of carbonyl (C=O) groups is 1. The van der Waals surface area contributed by atoms with Gasteiger partial charge in [0.25, 0.3) is 5.91 Å². The molecule has 0 aliphatic rings. The topological polar surface area (TPSA) is 74.2 Å². The molecule has 0 saturated carbocycles. The van der Waals surface area contributed by atoms with Crippen molar-refractivity contribution in [3.63, 3.8) is 0 Å². The Hall–Kier alpha value is -1.14. The fourth-order valence-electron chi connectivity index (χ4n) is 1.29. The molecule has 1 aromatic heterocycles. The van der Waals surface area contributed by atoms with Crippen LogP contribution in [-0.2, 0) is 0 Å². The first-order chi connectivity index (χ1) is 8.17. The van der Waals surface area contributed by atoms with Crippen molar-refractivity contribution < 1.29 is 9.90 Å². The molecule has 5 nitrogen and oxygen atoms in total. The van der Waals surface area contributed by atoms with Crippen molar-refractivity contribution in [2.45, 2.75) is 20.3 Å². The number of anilines is 1. The molecule has 1 unspecified atom stereocenters. The second-order valence-electron chi connectivity index (χ2n) is 3.90. The van der Waals surface area contributed by atoms with Crippen LogP contribution in [0.4, 0.5) is 5.13 Å². The molecule has 1 rings (SSSR count). The standard InChI is InChI=1S/C11H19N3O2S/c1-3-12-11-14-9(7-17-11)10(16)13-6-8(2)4-5-15/h7-8,15H,3-6H2,1-2H3,(H,12,14)(H,13,16). The highest BCUT2D eigenvalue weighted by atomic mass is 32.1. The van der Waals surface area contributed by atoms with Crippen LogP contribution in [0.15, 0.2) is 5.38 Å². The number of carbonyl (C=O) groups excluding carboxylic acids is 1. The molecule has 0 aliphatic carbocycles. The van der Waals surface area contributed by atoms with Crippen molar-refractivity contribution in [3.05, 3.63) is 11.1 Å². The van der Waals surface area contributed by atoms with Gasteiger partial charge >= 0.3 is 0 Å². The van der Waals surface area contributed by atoms with Gasteiger partial charge in [-0.05, 0) is 19.3 Å². The fourth-order valence-corrected chi connectivity index (χ4v) is 2.05. The Bertz CT molecular complexity index is 354. The Balaban J connectivity index is 2.40. The number of hydrogen-bond acceptors (Lipinski definition) is 5. The molecular weight excluding hydrogens is 238 g/mol. The second-order valence-corrected chi connectivity index (χ2v) is 4.75. The lowest BCUT2D eigenvalue weighted by Crippen LogP contribution is -2.28. The SMILES string of the molecule is CCNc1nc(C(=O)NCC(C)CCO)cs1. The van der Waals surface area contributed by atoms with Gasteiger partial charge in [0.1, 0.15) is 5.69 Å². The Morgan fingerprint density at radius 1 is 1.65 bits per heavy atom. The highest BCUT2D eigenvalue weighted by Crippen LogP contribution is 2.14. The number of thiazole rings is 1. The lowest BCUT2D eigenvalue weighted by atomic mass is 10.1. The van der Waals surface area contributed by atoms with Gasteiger partial charge in [-0.3, -0.25) is 4.79 Å². The molecule has 1 heterocycles. The highest BCUT2D eigenvalue weighted by Gasteiger charge is 2.11. The quantitative estimate of drug-likeness (QED) is 0.689. The number of aromatic nitrogens is 1. The van der Waals surface area contributed by atoms with E-state index in [1.165, 1.54) is 11.3 Å². The van der Waals surface area contributed by atoms with Crippen molar-refractivity contribution in [2.75, 3.05) is 25.0 Å². The van der Waals surface area contributed by atoms with Crippen LogP contribution in [0.5, 0.6) is 0 Å². The zero-order chi connectivity index (χ0) is 12.7. The molecule has 1 atom stereocenters. The lowest BCUT2D eigenvalue weighted by molar-refractivity contribution is 0.0941. The summed E-state index contributed by atoms with van der Waals surface area (Å²) in [5, 5.41) is 17.1. The minimum Gasteiger partial charge on any atom is -0.396 e. The van der Waals surface area contributed by atoms with Crippen LogP contribution in [-0.4, -0.2) is 35.7 Å². The summed E-state index contributed by atoms with van der Waals surface area (Å²) in [6.45, 7) is 5.48. The summed E-state index contributed by atoms with van der Waals surface area (Å²) in [6, 6.07) is 0. The molecule has 1 amide bonds. The monoisotopic (exact) mass is 257 g/mol. The predicted octanol–water partition coefficient (Wildman–Crippen LogP) is 1.32. The zero-order valence-electron chi connectivity index (χ0n) is 10.2. The number of hydrogen-bond donors (Lipinski definition) is 3. The first-order valence-electron chi connectivity index (χ1n) is 5.75. The van der Waals surface area contributed by atoms with Crippen molar-refractivity contribution in [3.8, 4) is 0 Å². The van der Waals surface area contributed by atoms with E-state index in [1.54, 1.807) is 5.38 Å². The molecule has 0 aromatic carbocycles. The van der Waals surface area contributed by atoms with Gasteiger partial charge in [0, 0.05) is 25.1 Å². The van der Waals surface area contributed by atoms with Gasteiger partial charge in [-0.25, -0.2) is 4.98 Å². The van der Waals surface area contributed by atoms with Crippen LogP contribution >= 0.6 is 11.3 Å². The molecule has 1 aromatic rings. The maximum absolute atomic E-state index is 11.7. The van der Waals surface area contributed by atoms with Gasteiger partial charge in [-0.2, -0.15) is 0 Å². The largest absolute Gasteiger partial charge is 0.396 e. The molecule has 3 N–H and O–H groups in total. The predicted molar refractivity (Wildman–Crippen MR) is 69.5 cm³/mol. The maximum atomic E-state index is 11.7. The third-order valence-electron chi connectivity index (χ3n) is 2.30. The minimum atomic E-state index is -0.157. The molecular formula is C11H19N3O2S. The number of rotatable bonds is 7. The maximum Gasteiger partial charge on any atom is 0.270 e. The van der Waals surface area contributed by atoms with E-state index < -0.39 is 0 Å². The Labute approximate surface area is 105 Å². The molecule has 0 aliphatic heterocycles. The molecule has 0 radical (unpaired) electrons. The number of aliphatic hydroxyl groups excluding tert-OH is 1. The van der Waals surface area contributed by atoms with Crippen LogP contribution in [0.25, 0.3) is 0 Å². The smallest absolute Gasteiger partial charge is 0.270 e. The van der Waals surface area contributed by atoms with Gasteiger partial charge in [0.05, 0.1) is 0 Å². The van der Waals surface area contributed by atoms with Crippen molar-refractivity contribution in [1.82, 2.24) is 10.3 Å². The normalized spacial score (nSPS) is 12.2. The summed E-state index contributed by atoms with van der Waals surface area (Å²) in [4.78, 5) is 15.9. The minimum absolute atomic E-state index is 0.151. The first-order valence-corrected chi connectivity index (χ1v) is 6.63. The van der Waals surface area contributed by atoms with Crippen LogP contribution in [0.2, 0.25) is 0 Å². The molecule has 0 bridgehead atoms. The van der Waals surface area contributed by atoms with Crippen molar-refractivity contribution >= 4 is 22.4 Å². The number of aliphatic hydroxyl groups is 1. The van der Waals surface area contributed by atoms with E-state index in [1.807, 2.05) is 13.8 Å².